The van der Waals surface area contributed by atoms with Gasteiger partial charge in [0, 0.05) is 6.04 Å². The van der Waals surface area contributed by atoms with Crippen molar-refractivity contribution in [1.29, 1.82) is 0 Å². The molecule has 3 N–H and O–H groups in total. The first kappa shape index (κ1) is 15.8. The van der Waals surface area contributed by atoms with E-state index in [1.807, 2.05) is 32.5 Å². The maximum Gasteiger partial charge on any atom is 0.237 e. The zero-order valence-corrected chi connectivity index (χ0v) is 11.8. The van der Waals surface area contributed by atoms with Gasteiger partial charge in [-0.15, -0.1) is 0 Å². The van der Waals surface area contributed by atoms with Crippen LogP contribution in [0.15, 0.2) is 0 Å². The molecule has 1 atom stereocenters. The fourth-order valence-electron chi connectivity index (χ4n) is 1.73. The van der Waals surface area contributed by atoms with Crippen molar-refractivity contribution in [2.45, 2.75) is 58.5 Å². The first-order chi connectivity index (χ1) is 7.42. The number of nitrogens with two attached hydrogens (primary N) is 1. The molecule has 1 unspecified atom stereocenters. The van der Waals surface area contributed by atoms with Crippen molar-refractivity contribution in [3.8, 4) is 0 Å². The van der Waals surface area contributed by atoms with Gasteiger partial charge < -0.3 is 11.1 Å². The lowest BCUT2D eigenvalue weighted by molar-refractivity contribution is -0.124. The molecule has 0 rings (SSSR count). The normalized spacial score (nSPS) is 15.1. The lowest BCUT2D eigenvalue weighted by atomic mass is 9.93. The van der Waals surface area contributed by atoms with Crippen LogP contribution < -0.4 is 11.1 Å². The molecular weight excluding hydrogens is 220 g/mol. The number of amides is 1. The third kappa shape index (κ3) is 6.38. The van der Waals surface area contributed by atoms with Gasteiger partial charge in [-0.2, -0.15) is 11.8 Å². The number of nitrogens with one attached hydrogen (secondary N) is 1. The Morgan fingerprint density at radius 3 is 2.50 bits per heavy atom. The maximum atomic E-state index is 11.4. The molecule has 0 spiro atoms. The van der Waals surface area contributed by atoms with Gasteiger partial charge in [-0.25, -0.2) is 0 Å². The number of carbonyl (C=O) groups excluding carboxylic acids is 1. The topological polar surface area (TPSA) is 55.1 Å². The van der Waals surface area contributed by atoms with E-state index in [4.69, 9.17) is 5.73 Å². The molecule has 0 aromatic heterocycles. The Balaban J connectivity index is 3.98. The average Bonchev–Trinajstić information content (AvgIpc) is 2.16. The van der Waals surface area contributed by atoms with Crippen LogP contribution in [0.1, 0.15) is 47.0 Å². The Morgan fingerprint density at radius 1 is 1.44 bits per heavy atom. The molecular formula is C12H26N2OS. The molecule has 96 valence electrons. The van der Waals surface area contributed by atoms with E-state index in [0.717, 1.165) is 25.0 Å². The number of thioether (sulfide) groups is 1. The molecule has 1 amide bonds. The minimum Gasteiger partial charge on any atom is -0.368 e. The molecule has 0 fully saturated rings. The summed E-state index contributed by atoms with van der Waals surface area (Å²) >= 11 is 1.94. The van der Waals surface area contributed by atoms with E-state index in [0.29, 0.717) is 0 Å². The van der Waals surface area contributed by atoms with Gasteiger partial charge in [0.2, 0.25) is 5.91 Å². The highest BCUT2D eigenvalue weighted by Gasteiger charge is 2.30. The molecule has 0 radical (unpaired) electrons. The van der Waals surface area contributed by atoms with Crippen LogP contribution in [0.4, 0.5) is 0 Å². The van der Waals surface area contributed by atoms with Crippen LogP contribution in [0.5, 0.6) is 0 Å². The summed E-state index contributed by atoms with van der Waals surface area (Å²) < 4.78 is 0. The van der Waals surface area contributed by atoms with Crippen molar-refractivity contribution in [3.05, 3.63) is 0 Å². The van der Waals surface area contributed by atoms with Crippen molar-refractivity contribution >= 4 is 17.7 Å². The lowest BCUT2D eigenvalue weighted by Crippen LogP contribution is -2.55. The summed E-state index contributed by atoms with van der Waals surface area (Å²) in [7, 11) is 0. The molecule has 0 aliphatic carbocycles. The molecule has 16 heavy (non-hydrogen) atoms. The molecule has 0 aromatic carbocycles. The fourth-order valence-corrected chi connectivity index (χ4v) is 2.43. The smallest absolute Gasteiger partial charge is 0.237 e. The second kappa shape index (κ2) is 7.96. The van der Waals surface area contributed by atoms with E-state index >= 15 is 0 Å². The quantitative estimate of drug-likeness (QED) is 0.613. The van der Waals surface area contributed by atoms with Crippen molar-refractivity contribution in [2.24, 2.45) is 5.73 Å². The van der Waals surface area contributed by atoms with E-state index in [1.165, 1.54) is 5.75 Å². The Morgan fingerprint density at radius 2 is 2.06 bits per heavy atom. The number of primary amides is 1. The van der Waals surface area contributed by atoms with E-state index < -0.39 is 5.54 Å². The summed E-state index contributed by atoms with van der Waals surface area (Å²) in [5.41, 5.74) is 4.90. The molecule has 0 aliphatic rings. The number of unbranched alkanes of at least 4 members (excludes halogenated alkanes) is 1. The minimum atomic E-state index is -0.551. The molecule has 0 aromatic rings. The van der Waals surface area contributed by atoms with E-state index in [9.17, 15) is 4.79 Å². The van der Waals surface area contributed by atoms with Gasteiger partial charge in [0.1, 0.15) is 0 Å². The monoisotopic (exact) mass is 246 g/mol. The third-order valence-electron chi connectivity index (χ3n) is 2.57. The van der Waals surface area contributed by atoms with Crippen LogP contribution in [-0.4, -0.2) is 29.0 Å². The largest absolute Gasteiger partial charge is 0.368 e. The van der Waals surface area contributed by atoms with Crippen molar-refractivity contribution in [3.63, 3.8) is 0 Å². The fraction of sp³-hybridized carbons (Fsp3) is 0.917. The number of carbonyl (C=O) groups is 1. The summed E-state index contributed by atoms with van der Waals surface area (Å²) in [5, 5.41) is 3.27. The molecule has 0 saturated heterocycles. The van der Waals surface area contributed by atoms with Gasteiger partial charge in [0.05, 0.1) is 5.54 Å². The highest BCUT2D eigenvalue weighted by atomic mass is 32.2. The number of rotatable bonds is 9. The molecule has 0 heterocycles. The zero-order valence-electron chi connectivity index (χ0n) is 11.0. The summed E-state index contributed by atoms with van der Waals surface area (Å²) in [6.07, 6.45) is 3.03. The Bertz CT molecular complexity index is 209. The summed E-state index contributed by atoms with van der Waals surface area (Å²) in [6.45, 7) is 8.14. The second-order valence-electron chi connectivity index (χ2n) is 4.65. The standard InChI is InChI=1S/C12H26N2OS/c1-5-16-9-7-6-8-12(4,11(13)15)14-10(2)3/h10,14H,5-9H2,1-4H3,(H2,13,15). The van der Waals surface area contributed by atoms with E-state index in [1.54, 1.807) is 0 Å². The van der Waals surface area contributed by atoms with Gasteiger partial charge in [0.25, 0.3) is 0 Å². The molecule has 3 nitrogen and oxygen atoms in total. The van der Waals surface area contributed by atoms with E-state index in [-0.39, 0.29) is 11.9 Å². The minimum absolute atomic E-state index is 0.246. The highest BCUT2D eigenvalue weighted by Crippen LogP contribution is 2.16. The van der Waals surface area contributed by atoms with Gasteiger partial charge in [-0.1, -0.05) is 13.3 Å². The summed E-state index contributed by atoms with van der Waals surface area (Å²) in [5.74, 6) is 2.09. The predicted molar refractivity (Wildman–Crippen MR) is 72.7 cm³/mol. The molecule has 0 saturated carbocycles. The summed E-state index contributed by atoms with van der Waals surface area (Å²) in [4.78, 5) is 11.4. The van der Waals surface area contributed by atoms with Crippen LogP contribution in [-0.2, 0) is 4.79 Å². The second-order valence-corrected chi connectivity index (χ2v) is 6.04. The van der Waals surface area contributed by atoms with Gasteiger partial charge in [0.15, 0.2) is 0 Å². The SMILES string of the molecule is CCSCCCCC(C)(NC(C)C)C(N)=O. The Hall–Kier alpha value is -0.220. The van der Waals surface area contributed by atoms with Crippen LogP contribution >= 0.6 is 11.8 Å². The first-order valence-corrected chi connectivity index (χ1v) is 7.23. The Labute approximate surface area is 104 Å². The van der Waals surface area contributed by atoms with Gasteiger partial charge >= 0.3 is 0 Å². The van der Waals surface area contributed by atoms with Crippen LogP contribution in [0, 0.1) is 0 Å². The predicted octanol–water partition coefficient (Wildman–Crippen LogP) is 2.15. The van der Waals surface area contributed by atoms with Crippen molar-refractivity contribution in [2.75, 3.05) is 11.5 Å². The third-order valence-corrected chi connectivity index (χ3v) is 3.56. The van der Waals surface area contributed by atoms with Crippen LogP contribution in [0.25, 0.3) is 0 Å². The lowest BCUT2D eigenvalue weighted by Gasteiger charge is -2.29. The Kier molecular flexibility index (Phi) is 7.85. The first-order valence-electron chi connectivity index (χ1n) is 6.07. The van der Waals surface area contributed by atoms with Crippen LogP contribution in [0.2, 0.25) is 0 Å². The number of hydrogen-bond donors (Lipinski definition) is 2. The zero-order chi connectivity index (χ0) is 12.6. The van der Waals surface area contributed by atoms with Crippen molar-refractivity contribution in [1.82, 2.24) is 5.32 Å². The van der Waals surface area contributed by atoms with E-state index in [2.05, 4.69) is 12.2 Å². The average molecular weight is 246 g/mol. The van der Waals surface area contributed by atoms with Gasteiger partial charge in [-0.3, -0.25) is 4.79 Å². The maximum absolute atomic E-state index is 11.4. The molecule has 0 bridgehead atoms. The highest BCUT2D eigenvalue weighted by molar-refractivity contribution is 7.99. The molecule has 4 heteroatoms. The van der Waals surface area contributed by atoms with Crippen LogP contribution in [0.3, 0.4) is 0 Å². The van der Waals surface area contributed by atoms with Gasteiger partial charge in [-0.05, 0) is 45.1 Å². The summed E-state index contributed by atoms with van der Waals surface area (Å²) in [6, 6.07) is 0.280. The number of hydrogen-bond acceptors (Lipinski definition) is 3. The van der Waals surface area contributed by atoms with Crippen molar-refractivity contribution < 1.29 is 4.79 Å². The molecule has 0 aliphatic heterocycles.